The zero-order valence-corrected chi connectivity index (χ0v) is 10.7. The maximum Gasteiger partial charge on any atom is 0.225 e. The number of ether oxygens (including phenoxy) is 1. The van der Waals surface area contributed by atoms with E-state index >= 15 is 0 Å². The first-order valence-electron chi connectivity index (χ1n) is 4.93. The van der Waals surface area contributed by atoms with E-state index in [1.165, 1.54) is 0 Å². The Morgan fingerprint density at radius 3 is 2.60 bits per heavy atom. The van der Waals surface area contributed by atoms with E-state index < -0.39 is 0 Å². The lowest BCUT2D eigenvalue weighted by atomic mass is 10.4. The van der Waals surface area contributed by atoms with Crippen LogP contribution in [0.5, 0.6) is 0 Å². The van der Waals surface area contributed by atoms with Gasteiger partial charge in [-0.25, -0.2) is 9.97 Å². The van der Waals surface area contributed by atoms with E-state index in [-0.39, 0.29) is 0 Å². The van der Waals surface area contributed by atoms with E-state index in [1.807, 2.05) is 31.3 Å². The van der Waals surface area contributed by atoms with E-state index in [0.717, 1.165) is 30.0 Å². The zero-order valence-electron chi connectivity index (χ0n) is 9.11. The topological polar surface area (TPSA) is 38.2 Å². The molecule has 0 amide bonds. The van der Waals surface area contributed by atoms with E-state index in [0.29, 0.717) is 6.61 Å². The Kier molecular flexibility index (Phi) is 5.57. The first-order valence-corrected chi connectivity index (χ1v) is 6.05. The van der Waals surface area contributed by atoms with Crippen molar-refractivity contribution in [3.05, 3.63) is 18.0 Å². The first-order chi connectivity index (χ1) is 7.27. The van der Waals surface area contributed by atoms with Gasteiger partial charge in [0.1, 0.15) is 0 Å². The normalized spacial score (nSPS) is 10.3. The Morgan fingerprint density at radius 2 is 2.07 bits per heavy atom. The lowest BCUT2D eigenvalue weighted by molar-refractivity contribution is 0.154. The zero-order chi connectivity index (χ0) is 11.1. The van der Waals surface area contributed by atoms with Gasteiger partial charge in [0, 0.05) is 37.9 Å². The molecule has 1 aromatic rings. The number of hydrogen-bond donors (Lipinski definition) is 0. The summed E-state index contributed by atoms with van der Waals surface area (Å²) in [5.74, 6) is 0.736. The molecule has 84 valence electrons. The molecule has 0 aliphatic rings. The van der Waals surface area contributed by atoms with Gasteiger partial charge >= 0.3 is 0 Å². The molecule has 0 fully saturated rings. The molecule has 0 N–H and O–H groups in total. The average molecular weight is 274 g/mol. The van der Waals surface area contributed by atoms with Gasteiger partial charge in [-0.2, -0.15) is 0 Å². The van der Waals surface area contributed by atoms with Crippen LogP contribution in [0.4, 0.5) is 5.95 Å². The third-order valence-corrected chi connectivity index (χ3v) is 2.61. The third-order valence-electron chi connectivity index (χ3n) is 1.96. The van der Waals surface area contributed by atoms with Crippen LogP contribution in [0.1, 0.15) is 12.5 Å². The van der Waals surface area contributed by atoms with Gasteiger partial charge in [0.05, 0.1) is 6.61 Å². The fourth-order valence-corrected chi connectivity index (χ4v) is 1.35. The van der Waals surface area contributed by atoms with Crippen molar-refractivity contribution in [3.8, 4) is 0 Å². The highest BCUT2D eigenvalue weighted by atomic mass is 79.9. The van der Waals surface area contributed by atoms with Gasteiger partial charge in [-0.3, -0.25) is 0 Å². The molecule has 1 heterocycles. The molecule has 1 rings (SSSR count). The highest BCUT2D eigenvalue weighted by Crippen LogP contribution is 2.07. The van der Waals surface area contributed by atoms with E-state index in [4.69, 9.17) is 4.74 Å². The lowest BCUT2D eigenvalue weighted by Crippen LogP contribution is -2.24. The summed E-state index contributed by atoms with van der Waals surface area (Å²) in [6.07, 6.45) is 3.66. The molecule has 0 aromatic carbocycles. The van der Waals surface area contributed by atoms with Crippen LogP contribution in [0.15, 0.2) is 12.4 Å². The molecule has 4 nitrogen and oxygen atoms in total. The SMILES string of the molecule is CCOCCN(C)c1ncc(CBr)cn1. The molecule has 5 heteroatoms. The maximum atomic E-state index is 5.27. The standard InChI is InChI=1S/C10H16BrN3O/c1-3-15-5-4-14(2)10-12-7-9(6-11)8-13-10/h7-8H,3-6H2,1-2H3. The molecule has 1 aromatic heterocycles. The van der Waals surface area contributed by atoms with Crippen molar-refractivity contribution < 1.29 is 4.74 Å². The van der Waals surface area contributed by atoms with Crippen LogP contribution in [0.2, 0.25) is 0 Å². The summed E-state index contributed by atoms with van der Waals surface area (Å²) >= 11 is 3.36. The highest BCUT2D eigenvalue weighted by Gasteiger charge is 2.03. The molecule has 0 radical (unpaired) electrons. The minimum absolute atomic E-state index is 0.705. The number of anilines is 1. The molecular formula is C10H16BrN3O. The van der Waals surface area contributed by atoms with E-state index in [9.17, 15) is 0 Å². The van der Waals surface area contributed by atoms with Crippen LogP contribution in [-0.2, 0) is 10.1 Å². The van der Waals surface area contributed by atoms with Gasteiger partial charge in [0.25, 0.3) is 0 Å². The van der Waals surface area contributed by atoms with Crippen molar-refractivity contribution in [2.45, 2.75) is 12.3 Å². The summed E-state index contributed by atoms with van der Waals surface area (Å²) < 4.78 is 5.27. The number of alkyl halides is 1. The van der Waals surface area contributed by atoms with Crippen molar-refractivity contribution in [3.63, 3.8) is 0 Å². The largest absolute Gasteiger partial charge is 0.380 e. The first kappa shape index (κ1) is 12.4. The monoisotopic (exact) mass is 273 g/mol. The van der Waals surface area contributed by atoms with E-state index in [1.54, 1.807) is 0 Å². The quantitative estimate of drug-likeness (QED) is 0.586. The van der Waals surface area contributed by atoms with Crippen molar-refractivity contribution in [2.24, 2.45) is 0 Å². The molecule has 0 bridgehead atoms. The Balaban J connectivity index is 2.46. The summed E-state index contributed by atoms with van der Waals surface area (Å²) in [5.41, 5.74) is 1.08. The summed E-state index contributed by atoms with van der Waals surface area (Å²) in [6, 6.07) is 0. The summed E-state index contributed by atoms with van der Waals surface area (Å²) in [7, 11) is 1.96. The predicted octanol–water partition coefficient (Wildman–Crippen LogP) is 1.84. The predicted molar refractivity (Wildman–Crippen MR) is 64.4 cm³/mol. The number of hydrogen-bond acceptors (Lipinski definition) is 4. The molecule has 0 unspecified atom stereocenters. The number of nitrogens with zero attached hydrogens (tertiary/aromatic N) is 3. The van der Waals surface area contributed by atoms with Crippen LogP contribution < -0.4 is 4.90 Å². The van der Waals surface area contributed by atoms with Crippen molar-refractivity contribution in [1.29, 1.82) is 0 Å². The van der Waals surface area contributed by atoms with Gasteiger partial charge < -0.3 is 9.64 Å². The maximum absolute atomic E-state index is 5.27. The molecule has 0 saturated carbocycles. The molecule has 0 saturated heterocycles. The lowest BCUT2D eigenvalue weighted by Gasteiger charge is -2.16. The molecule has 0 aliphatic carbocycles. The minimum Gasteiger partial charge on any atom is -0.380 e. The Labute approximate surface area is 98.8 Å². The molecule has 15 heavy (non-hydrogen) atoms. The van der Waals surface area contributed by atoms with Gasteiger partial charge in [-0.15, -0.1) is 0 Å². The fraction of sp³-hybridized carbons (Fsp3) is 0.600. The van der Waals surface area contributed by atoms with Crippen LogP contribution in [0.25, 0.3) is 0 Å². The molecular weight excluding hydrogens is 258 g/mol. The number of halogens is 1. The van der Waals surface area contributed by atoms with Crippen LogP contribution in [0, 0.1) is 0 Å². The fourth-order valence-electron chi connectivity index (χ4n) is 1.06. The number of rotatable bonds is 6. The smallest absolute Gasteiger partial charge is 0.225 e. The molecule has 0 spiro atoms. The van der Waals surface area contributed by atoms with Crippen molar-refractivity contribution >= 4 is 21.9 Å². The van der Waals surface area contributed by atoms with Crippen LogP contribution >= 0.6 is 15.9 Å². The summed E-state index contributed by atoms with van der Waals surface area (Å²) in [6.45, 7) is 4.25. The van der Waals surface area contributed by atoms with Gasteiger partial charge in [-0.1, -0.05) is 15.9 Å². The second-order valence-electron chi connectivity index (χ2n) is 3.14. The van der Waals surface area contributed by atoms with Gasteiger partial charge in [-0.05, 0) is 12.5 Å². The van der Waals surface area contributed by atoms with Crippen LogP contribution in [-0.4, -0.2) is 36.8 Å². The van der Waals surface area contributed by atoms with Gasteiger partial charge in [0.15, 0.2) is 0 Å². The Hall–Kier alpha value is -0.680. The molecule has 0 aliphatic heterocycles. The molecule has 0 atom stereocenters. The highest BCUT2D eigenvalue weighted by molar-refractivity contribution is 9.08. The second-order valence-corrected chi connectivity index (χ2v) is 3.70. The number of aromatic nitrogens is 2. The van der Waals surface area contributed by atoms with Crippen molar-refractivity contribution in [1.82, 2.24) is 9.97 Å². The average Bonchev–Trinajstić information content (AvgIpc) is 2.29. The van der Waals surface area contributed by atoms with Crippen LogP contribution in [0.3, 0.4) is 0 Å². The van der Waals surface area contributed by atoms with Gasteiger partial charge in [0.2, 0.25) is 5.95 Å². The van der Waals surface area contributed by atoms with E-state index in [2.05, 4.69) is 25.9 Å². The minimum atomic E-state index is 0.705. The number of likely N-dealkylation sites (N-methyl/N-ethyl adjacent to an activating group) is 1. The third kappa shape index (κ3) is 4.13. The summed E-state index contributed by atoms with van der Waals surface area (Å²) in [4.78, 5) is 10.5. The van der Waals surface area contributed by atoms with Crippen molar-refractivity contribution in [2.75, 3.05) is 31.7 Å². The summed E-state index contributed by atoms with van der Waals surface area (Å²) in [5, 5.41) is 0.788. The Morgan fingerprint density at radius 1 is 1.40 bits per heavy atom. The second kappa shape index (κ2) is 6.74. The Bertz CT molecular complexity index is 279.